The molecule has 4 unspecified atom stereocenters. The fraction of sp³-hybridized carbons (Fsp3) is 0.700. The minimum atomic E-state index is -0.983. The van der Waals surface area contributed by atoms with E-state index >= 15 is 0 Å². The van der Waals surface area contributed by atoms with E-state index in [0.717, 1.165) is 4.90 Å². The van der Waals surface area contributed by atoms with Gasteiger partial charge in [-0.2, -0.15) is 0 Å². The Hall–Kier alpha value is -1.39. The summed E-state index contributed by atoms with van der Waals surface area (Å²) in [5.74, 6) is -2.38. The van der Waals surface area contributed by atoms with E-state index in [9.17, 15) is 14.4 Å². The van der Waals surface area contributed by atoms with Crippen molar-refractivity contribution in [2.75, 3.05) is 0 Å². The van der Waals surface area contributed by atoms with Crippen molar-refractivity contribution in [3.63, 3.8) is 0 Å². The van der Waals surface area contributed by atoms with Gasteiger partial charge in [-0.05, 0) is 20.3 Å². The molecule has 5 heteroatoms. The minimum Gasteiger partial charge on any atom is -0.481 e. The number of rotatable bonds is 3. The fourth-order valence-electron chi connectivity index (χ4n) is 2.04. The zero-order valence-electron chi connectivity index (χ0n) is 8.64. The predicted molar refractivity (Wildman–Crippen MR) is 49.7 cm³/mol. The van der Waals surface area contributed by atoms with Crippen LogP contribution in [0.15, 0.2) is 0 Å². The Bertz CT molecular complexity index is 331. The summed E-state index contributed by atoms with van der Waals surface area (Å²) in [6, 6.07) is -0.546. The molecule has 0 aromatic carbocycles. The number of carbonyl (C=O) groups is 3. The van der Waals surface area contributed by atoms with Crippen molar-refractivity contribution in [3.8, 4) is 0 Å². The molecule has 82 valence electrons. The third-order valence-electron chi connectivity index (χ3n) is 3.42. The van der Waals surface area contributed by atoms with Crippen LogP contribution in [0.25, 0.3) is 0 Å². The molecule has 15 heavy (non-hydrogen) atoms. The Labute approximate surface area is 87.1 Å². The van der Waals surface area contributed by atoms with Gasteiger partial charge in [-0.3, -0.25) is 19.3 Å². The van der Waals surface area contributed by atoms with Crippen molar-refractivity contribution in [2.45, 2.75) is 26.3 Å². The topological polar surface area (TPSA) is 74.7 Å². The van der Waals surface area contributed by atoms with Crippen molar-refractivity contribution >= 4 is 17.8 Å². The number of piperidine rings is 1. The van der Waals surface area contributed by atoms with Gasteiger partial charge in [0.2, 0.25) is 11.8 Å². The van der Waals surface area contributed by atoms with Crippen molar-refractivity contribution < 1.29 is 19.5 Å². The molecule has 1 heterocycles. The summed E-state index contributed by atoms with van der Waals surface area (Å²) in [5.41, 5.74) is 0. The average Bonchev–Trinajstić information content (AvgIpc) is 2.91. The number of aliphatic carboxylic acids is 1. The lowest BCUT2D eigenvalue weighted by molar-refractivity contribution is -0.149. The smallest absolute Gasteiger partial charge is 0.308 e. The summed E-state index contributed by atoms with van der Waals surface area (Å²) < 4.78 is 0. The van der Waals surface area contributed by atoms with Crippen molar-refractivity contribution in [1.82, 2.24) is 4.90 Å². The highest BCUT2D eigenvalue weighted by Crippen LogP contribution is 2.48. The highest BCUT2D eigenvalue weighted by Gasteiger charge is 2.60. The number of hydrogen-bond acceptors (Lipinski definition) is 3. The quantitative estimate of drug-likeness (QED) is 0.672. The largest absolute Gasteiger partial charge is 0.481 e. The fourth-order valence-corrected chi connectivity index (χ4v) is 2.04. The number of carboxylic acids is 1. The molecule has 4 atom stereocenters. The van der Waals surface area contributed by atoms with Gasteiger partial charge in [0.15, 0.2) is 0 Å². The van der Waals surface area contributed by atoms with E-state index in [1.54, 1.807) is 6.92 Å². The first-order chi connectivity index (χ1) is 6.95. The van der Waals surface area contributed by atoms with Crippen LogP contribution in [0.5, 0.6) is 0 Å². The SMILES string of the molecule is CC(C(=O)O)C(C)N1C(=O)C2CC2C1=O. The minimum absolute atomic E-state index is 0.152. The Morgan fingerprint density at radius 2 is 1.80 bits per heavy atom. The van der Waals surface area contributed by atoms with Crippen LogP contribution in [-0.4, -0.2) is 33.8 Å². The van der Waals surface area contributed by atoms with Crippen LogP contribution in [0.4, 0.5) is 0 Å². The first kappa shape index (κ1) is 10.1. The molecular formula is C10H13NO4. The summed E-state index contributed by atoms with van der Waals surface area (Å²) >= 11 is 0. The molecule has 0 aromatic rings. The van der Waals surface area contributed by atoms with Crippen LogP contribution in [-0.2, 0) is 14.4 Å². The zero-order chi connectivity index (χ0) is 11.3. The Balaban J connectivity index is 2.14. The Kier molecular flexibility index (Phi) is 2.06. The molecule has 5 nitrogen and oxygen atoms in total. The molecule has 1 N–H and O–H groups in total. The molecule has 2 aliphatic rings. The molecular weight excluding hydrogens is 198 g/mol. The van der Waals surface area contributed by atoms with Crippen LogP contribution in [0.1, 0.15) is 20.3 Å². The second-order valence-electron chi connectivity index (χ2n) is 4.36. The molecule has 2 rings (SSSR count). The molecule has 0 spiro atoms. The van der Waals surface area contributed by atoms with Gasteiger partial charge < -0.3 is 5.11 Å². The van der Waals surface area contributed by atoms with Crippen molar-refractivity contribution in [2.24, 2.45) is 17.8 Å². The van der Waals surface area contributed by atoms with Gasteiger partial charge >= 0.3 is 5.97 Å². The predicted octanol–water partition coefficient (Wildman–Crippen LogP) is 0.100. The van der Waals surface area contributed by atoms with E-state index in [0.29, 0.717) is 6.42 Å². The molecule has 2 fully saturated rings. The number of carbonyl (C=O) groups excluding carboxylic acids is 2. The monoisotopic (exact) mass is 211 g/mol. The molecule has 1 aliphatic heterocycles. The molecule has 2 amide bonds. The maximum absolute atomic E-state index is 11.6. The maximum atomic E-state index is 11.6. The number of hydrogen-bond donors (Lipinski definition) is 1. The lowest BCUT2D eigenvalue weighted by Gasteiger charge is -2.27. The van der Waals surface area contributed by atoms with E-state index in [2.05, 4.69) is 0 Å². The molecule has 0 radical (unpaired) electrons. The Morgan fingerprint density at radius 1 is 1.33 bits per heavy atom. The first-order valence-electron chi connectivity index (χ1n) is 5.05. The number of nitrogens with zero attached hydrogens (tertiary/aromatic N) is 1. The van der Waals surface area contributed by atoms with Gasteiger partial charge in [-0.15, -0.1) is 0 Å². The normalized spacial score (nSPS) is 32.5. The second kappa shape index (κ2) is 3.05. The number of imide groups is 1. The lowest BCUT2D eigenvalue weighted by Crippen LogP contribution is -2.45. The van der Waals surface area contributed by atoms with Crippen LogP contribution in [0, 0.1) is 17.8 Å². The summed E-state index contributed by atoms with van der Waals surface area (Å²) in [6.07, 6.45) is 0.655. The standard InChI is InChI=1S/C10H13NO4/c1-4(10(14)15)5(2)11-8(12)6-3-7(6)9(11)13/h4-7H,3H2,1-2H3,(H,14,15). The summed E-state index contributed by atoms with van der Waals surface area (Å²) in [6.45, 7) is 3.12. The number of fused-ring (bicyclic) bond motifs is 1. The highest BCUT2D eigenvalue weighted by atomic mass is 16.4. The molecule has 1 saturated carbocycles. The molecule has 1 aliphatic carbocycles. The molecule has 1 saturated heterocycles. The van der Waals surface area contributed by atoms with E-state index in [-0.39, 0.29) is 23.7 Å². The van der Waals surface area contributed by atoms with Gasteiger partial charge in [0, 0.05) is 6.04 Å². The van der Waals surface area contributed by atoms with Gasteiger partial charge in [-0.1, -0.05) is 0 Å². The van der Waals surface area contributed by atoms with E-state index in [1.807, 2.05) is 0 Å². The van der Waals surface area contributed by atoms with Gasteiger partial charge in [0.05, 0.1) is 17.8 Å². The van der Waals surface area contributed by atoms with E-state index in [4.69, 9.17) is 5.11 Å². The van der Waals surface area contributed by atoms with Gasteiger partial charge in [0.1, 0.15) is 0 Å². The highest BCUT2D eigenvalue weighted by molar-refractivity contribution is 6.09. The zero-order valence-corrected chi connectivity index (χ0v) is 8.64. The average molecular weight is 211 g/mol. The van der Waals surface area contributed by atoms with Crippen LogP contribution in [0.2, 0.25) is 0 Å². The molecule has 0 aromatic heterocycles. The third kappa shape index (κ3) is 1.33. The summed E-state index contributed by atoms with van der Waals surface area (Å²) in [7, 11) is 0. The van der Waals surface area contributed by atoms with Crippen molar-refractivity contribution in [1.29, 1.82) is 0 Å². The van der Waals surface area contributed by atoms with Crippen LogP contribution >= 0.6 is 0 Å². The Morgan fingerprint density at radius 3 is 2.20 bits per heavy atom. The number of likely N-dealkylation sites (tertiary alicyclic amines) is 1. The van der Waals surface area contributed by atoms with Crippen LogP contribution in [0.3, 0.4) is 0 Å². The van der Waals surface area contributed by atoms with E-state index in [1.165, 1.54) is 6.92 Å². The summed E-state index contributed by atoms with van der Waals surface area (Å²) in [4.78, 5) is 35.2. The van der Waals surface area contributed by atoms with Crippen molar-refractivity contribution in [3.05, 3.63) is 0 Å². The third-order valence-corrected chi connectivity index (χ3v) is 3.42. The van der Waals surface area contributed by atoms with E-state index < -0.39 is 17.9 Å². The molecule has 0 bridgehead atoms. The lowest BCUT2D eigenvalue weighted by atomic mass is 10.0. The van der Waals surface area contributed by atoms with Gasteiger partial charge in [-0.25, -0.2) is 0 Å². The maximum Gasteiger partial charge on any atom is 0.308 e. The van der Waals surface area contributed by atoms with Gasteiger partial charge in [0.25, 0.3) is 0 Å². The number of carboxylic acid groups (broad SMARTS) is 1. The van der Waals surface area contributed by atoms with Crippen LogP contribution < -0.4 is 0 Å². The summed E-state index contributed by atoms with van der Waals surface area (Å²) in [5, 5.41) is 8.81. The first-order valence-corrected chi connectivity index (χ1v) is 5.05. The second-order valence-corrected chi connectivity index (χ2v) is 4.36. The number of amides is 2.